The number of anilines is 1. The molecule has 0 aliphatic carbocycles. The third kappa shape index (κ3) is 3.28. The van der Waals surface area contributed by atoms with Gasteiger partial charge in [0.15, 0.2) is 0 Å². The quantitative estimate of drug-likeness (QED) is 0.889. The number of hydrogen-bond donors (Lipinski definition) is 1. The van der Waals surface area contributed by atoms with Gasteiger partial charge in [-0.25, -0.2) is 0 Å². The van der Waals surface area contributed by atoms with Gasteiger partial charge in [0.2, 0.25) is 5.88 Å². The van der Waals surface area contributed by atoms with E-state index >= 15 is 0 Å². The first-order valence-electron chi connectivity index (χ1n) is 5.53. The van der Waals surface area contributed by atoms with Gasteiger partial charge in [-0.1, -0.05) is 29.3 Å². The summed E-state index contributed by atoms with van der Waals surface area (Å²) in [5.74, 6) is 1.72. The van der Waals surface area contributed by atoms with E-state index in [0.29, 0.717) is 21.7 Å². The zero-order chi connectivity index (χ0) is 13.0. The Bertz CT molecular complexity index is 546. The first kappa shape index (κ1) is 13.0. The molecular weight excluding hydrogens is 271 g/mol. The van der Waals surface area contributed by atoms with Crippen LogP contribution in [-0.4, -0.2) is 11.5 Å². The van der Waals surface area contributed by atoms with Crippen molar-refractivity contribution in [2.45, 2.75) is 6.92 Å². The molecule has 5 heteroatoms. The first-order chi connectivity index (χ1) is 8.69. The maximum Gasteiger partial charge on any atom is 0.221 e. The van der Waals surface area contributed by atoms with Crippen LogP contribution in [0.2, 0.25) is 10.0 Å². The molecule has 0 bridgehead atoms. The molecule has 0 fully saturated rings. The number of pyridine rings is 1. The first-order valence-corrected chi connectivity index (χ1v) is 6.28. The number of nitrogens with zero attached hydrogens (tertiary/aromatic N) is 1. The molecule has 18 heavy (non-hydrogen) atoms. The van der Waals surface area contributed by atoms with Gasteiger partial charge in [-0.3, -0.25) is 0 Å². The van der Waals surface area contributed by atoms with Crippen LogP contribution >= 0.6 is 23.2 Å². The van der Waals surface area contributed by atoms with E-state index < -0.39 is 0 Å². The number of halogens is 2. The van der Waals surface area contributed by atoms with E-state index in [1.807, 2.05) is 19.1 Å². The molecule has 1 aromatic heterocycles. The Labute approximate surface area is 116 Å². The molecule has 1 heterocycles. The Morgan fingerprint density at radius 1 is 1.22 bits per heavy atom. The van der Waals surface area contributed by atoms with Gasteiger partial charge in [-0.2, -0.15) is 4.98 Å². The summed E-state index contributed by atoms with van der Waals surface area (Å²) in [6.07, 6.45) is 0. The summed E-state index contributed by atoms with van der Waals surface area (Å²) >= 11 is 11.9. The van der Waals surface area contributed by atoms with E-state index in [-0.39, 0.29) is 0 Å². The predicted molar refractivity (Wildman–Crippen MR) is 74.9 cm³/mol. The largest absolute Gasteiger partial charge is 0.437 e. The summed E-state index contributed by atoms with van der Waals surface area (Å²) in [4.78, 5) is 4.29. The maximum absolute atomic E-state index is 6.02. The number of hydrogen-bond acceptors (Lipinski definition) is 3. The Hall–Kier alpha value is -1.45. The van der Waals surface area contributed by atoms with Crippen LogP contribution in [0.3, 0.4) is 0 Å². The predicted octanol–water partition coefficient (Wildman–Crippen LogP) is 4.61. The zero-order valence-corrected chi connectivity index (χ0v) is 11.3. The second kappa shape index (κ2) is 5.94. The van der Waals surface area contributed by atoms with E-state index in [4.69, 9.17) is 27.9 Å². The van der Waals surface area contributed by atoms with Crippen molar-refractivity contribution in [3.8, 4) is 11.6 Å². The Kier molecular flexibility index (Phi) is 4.28. The van der Waals surface area contributed by atoms with Gasteiger partial charge in [0, 0.05) is 23.7 Å². The van der Waals surface area contributed by atoms with Gasteiger partial charge in [-0.05, 0) is 25.1 Å². The van der Waals surface area contributed by atoms with Gasteiger partial charge < -0.3 is 10.1 Å². The fourth-order valence-corrected chi connectivity index (χ4v) is 1.74. The van der Waals surface area contributed by atoms with Crippen LogP contribution in [0.1, 0.15) is 6.92 Å². The Balaban J connectivity index is 2.22. The lowest BCUT2D eigenvalue weighted by molar-refractivity contribution is 0.464. The van der Waals surface area contributed by atoms with Crippen molar-refractivity contribution in [1.82, 2.24) is 4.98 Å². The molecule has 3 nitrogen and oxygen atoms in total. The van der Waals surface area contributed by atoms with Crippen LogP contribution < -0.4 is 10.1 Å². The normalized spacial score (nSPS) is 10.2. The summed E-state index contributed by atoms with van der Waals surface area (Å²) in [6, 6.07) is 10.5. The number of nitrogens with one attached hydrogen (secondary N) is 1. The number of rotatable bonds is 4. The molecule has 0 unspecified atom stereocenters. The lowest BCUT2D eigenvalue weighted by Gasteiger charge is -2.08. The highest BCUT2D eigenvalue weighted by atomic mass is 35.5. The highest BCUT2D eigenvalue weighted by molar-refractivity contribution is 6.34. The van der Waals surface area contributed by atoms with Crippen molar-refractivity contribution in [3.63, 3.8) is 0 Å². The molecule has 2 aromatic rings. The van der Waals surface area contributed by atoms with Crippen LogP contribution in [0, 0.1) is 0 Å². The molecule has 2 rings (SSSR count). The molecule has 0 saturated carbocycles. The minimum absolute atomic E-state index is 0.470. The maximum atomic E-state index is 6.02. The van der Waals surface area contributed by atoms with Crippen molar-refractivity contribution in [2.75, 3.05) is 11.9 Å². The summed E-state index contributed by atoms with van der Waals surface area (Å²) in [5.41, 5.74) is 0. The molecule has 0 aliphatic rings. The Morgan fingerprint density at radius 2 is 2.06 bits per heavy atom. The van der Waals surface area contributed by atoms with Gasteiger partial charge in [0.1, 0.15) is 11.6 Å². The zero-order valence-electron chi connectivity index (χ0n) is 9.78. The van der Waals surface area contributed by atoms with Crippen molar-refractivity contribution >= 4 is 29.0 Å². The molecule has 0 radical (unpaired) electrons. The lowest BCUT2D eigenvalue weighted by atomic mass is 10.3. The smallest absolute Gasteiger partial charge is 0.221 e. The van der Waals surface area contributed by atoms with Crippen LogP contribution in [0.15, 0.2) is 36.4 Å². The van der Waals surface area contributed by atoms with E-state index in [1.54, 1.807) is 24.3 Å². The average molecular weight is 283 g/mol. The highest BCUT2D eigenvalue weighted by Gasteiger charge is 2.05. The van der Waals surface area contributed by atoms with Gasteiger partial charge in [0.25, 0.3) is 0 Å². The number of ether oxygens (including phenoxy) is 1. The fraction of sp³-hybridized carbons (Fsp3) is 0.154. The summed E-state index contributed by atoms with van der Waals surface area (Å²) in [7, 11) is 0. The van der Waals surface area contributed by atoms with Crippen LogP contribution in [0.4, 0.5) is 5.82 Å². The van der Waals surface area contributed by atoms with Crippen molar-refractivity contribution < 1.29 is 4.74 Å². The summed E-state index contributed by atoms with van der Waals surface area (Å²) < 4.78 is 5.61. The second-order valence-corrected chi connectivity index (χ2v) is 4.41. The summed E-state index contributed by atoms with van der Waals surface area (Å²) in [6.45, 7) is 2.80. The SMILES string of the molecule is CCNc1cccc(Oc2cc(Cl)ccc2Cl)n1. The average Bonchev–Trinajstić information content (AvgIpc) is 2.35. The second-order valence-electron chi connectivity index (χ2n) is 3.57. The van der Waals surface area contributed by atoms with E-state index in [0.717, 1.165) is 12.4 Å². The number of benzene rings is 1. The molecule has 0 spiro atoms. The standard InChI is InChI=1S/C13H12Cl2N2O/c1-2-16-12-4-3-5-13(17-12)18-11-8-9(14)6-7-10(11)15/h3-8H,2H2,1H3,(H,16,17). The topological polar surface area (TPSA) is 34.1 Å². The molecular formula is C13H12Cl2N2O. The van der Waals surface area contributed by atoms with E-state index in [2.05, 4.69) is 10.3 Å². The van der Waals surface area contributed by atoms with Crippen LogP contribution in [0.5, 0.6) is 11.6 Å². The fourth-order valence-electron chi connectivity index (χ4n) is 1.42. The monoisotopic (exact) mass is 282 g/mol. The molecule has 0 amide bonds. The highest BCUT2D eigenvalue weighted by Crippen LogP contribution is 2.31. The third-order valence-electron chi connectivity index (χ3n) is 2.19. The number of aromatic nitrogens is 1. The van der Waals surface area contributed by atoms with Crippen molar-refractivity contribution in [2.24, 2.45) is 0 Å². The van der Waals surface area contributed by atoms with E-state index in [9.17, 15) is 0 Å². The summed E-state index contributed by atoms with van der Waals surface area (Å²) in [5, 5.41) is 4.17. The van der Waals surface area contributed by atoms with E-state index in [1.165, 1.54) is 0 Å². The molecule has 1 N–H and O–H groups in total. The minimum atomic E-state index is 0.470. The molecule has 0 saturated heterocycles. The van der Waals surface area contributed by atoms with Crippen molar-refractivity contribution in [1.29, 1.82) is 0 Å². The van der Waals surface area contributed by atoms with Gasteiger partial charge in [-0.15, -0.1) is 0 Å². The van der Waals surface area contributed by atoms with Gasteiger partial charge >= 0.3 is 0 Å². The molecule has 94 valence electrons. The van der Waals surface area contributed by atoms with Crippen molar-refractivity contribution in [3.05, 3.63) is 46.4 Å². The minimum Gasteiger partial charge on any atom is -0.437 e. The van der Waals surface area contributed by atoms with Gasteiger partial charge in [0.05, 0.1) is 5.02 Å². The van der Waals surface area contributed by atoms with Crippen LogP contribution in [-0.2, 0) is 0 Å². The van der Waals surface area contributed by atoms with Crippen LogP contribution in [0.25, 0.3) is 0 Å². The molecule has 0 aliphatic heterocycles. The molecule has 1 aromatic carbocycles. The Morgan fingerprint density at radius 3 is 2.83 bits per heavy atom. The molecule has 0 atom stereocenters. The third-order valence-corrected chi connectivity index (χ3v) is 2.74. The lowest BCUT2D eigenvalue weighted by Crippen LogP contribution is -1.99.